The molecule has 9 nitrogen and oxygen atoms in total. The second kappa shape index (κ2) is 12.2. The molecule has 1 aliphatic rings. The lowest BCUT2D eigenvalue weighted by Gasteiger charge is -2.16. The van der Waals surface area contributed by atoms with E-state index in [1.807, 2.05) is 30.3 Å². The summed E-state index contributed by atoms with van der Waals surface area (Å²) in [6.07, 6.45) is -2.27. The summed E-state index contributed by atoms with van der Waals surface area (Å²) in [4.78, 5) is 17.7. The van der Waals surface area contributed by atoms with Crippen molar-refractivity contribution < 1.29 is 31.5 Å². The molecule has 0 amide bonds. The monoisotopic (exact) mass is 625 g/mol. The number of aryl methyl sites for hydroxylation is 2. The van der Waals surface area contributed by atoms with E-state index in [1.54, 1.807) is 30.3 Å². The van der Waals surface area contributed by atoms with Gasteiger partial charge in [0.1, 0.15) is 9.92 Å². The van der Waals surface area contributed by atoms with Crippen molar-refractivity contribution in [3.05, 3.63) is 94.1 Å². The Hall–Kier alpha value is -4.07. The Morgan fingerprint density at radius 1 is 0.927 bits per heavy atom. The molecule has 0 atom stereocenters. The fraction of sp³-hybridized carbons (Fsp3) is 0.115. The number of nitrogens with zero attached hydrogens (tertiary/aromatic N) is 2. The Balaban J connectivity index is 0.000000493. The van der Waals surface area contributed by atoms with Crippen molar-refractivity contribution in [2.75, 3.05) is 15.4 Å². The molecule has 1 aliphatic heterocycles. The van der Waals surface area contributed by atoms with E-state index in [9.17, 15) is 21.6 Å². The zero-order valence-electron chi connectivity index (χ0n) is 20.7. The van der Waals surface area contributed by atoms with Crippen LogP contribution in [0.2, 0.25) is 10.0 Å². The van der Waals surface area contributed by atoms with Gasteiger partial charge in [0.2, 0.25) is 5.95 Å². The minimum absolute atomic E-state index is 0.0229. The maximum absolute atomic E-state index is 13.1. The number of rotatable bonds is 3. The quantitative estimate of drug-likeness (QED) is 0.195. The normalized spacial score (nSPS) is 12.6. The highest BCUT2D eigenvalue weighted by Crippen LogP contribution is 2.31. The molecule has 0 saturated heterocycles. The molecule has 0 aliphatic carbocycles. The van der Waals surface area contributed by atoms with E-state index in [1.165, 1.54) is 12.3 Å². The number of anilines is 5. The number of carbonyl (C=O) groups is 1. The first-order valence-corrected chi connectivity index (χ1v) is 13.9. The number of aliphatic carboxylic acids is 1. The minimum atomic E-state index is -5.08. The summed E-state index contributed by atoms with van der Waals surface area (Å²) < 4.78 is 60.6. The van der Waals surface area contributed by atoms with Crippen LogP contribution >= 0.6 is 23.2 Å². The third-order valence-corrected chi connectivity index (χ3v) is 7.73. The highest BCUT2D eigenvalue weighted by atomic mass is 35.5. The van der Waals surface area contributed by atoms with E-state index in [-0.39, 0.29) is 9.92 Å². The van der Waals surface area contributed by atoms with Gasteiger partial charge in [0.25, 0.3) is 10.0 Å². The Morgan fingerprint density at radius 3 is 2.34 bits per heavy atom. The molecule has 214 valence electrons. The largest absolute Gasteiger partial charge is 0.490 e. The number of sulfonamides is 1. The van der Waals surface area contributed by atoms with Crippen LogP contribution in [0.25, 0.3) is 0 Å². The molecule has 0 unspecified atom stereocenters. The second-order valence-electron chi connectivity index (χ2n) is 8.55. The van der Waals surface area contributed by atoms with Crippen LogP contribution in [0.5, 0.6) is 0 Å². The first-order valence-electron chi connectivity index (χ1n) is 11.7. The number of carboxylic acids is 1. The van der Waals surface area contributed by atoms with Crippen LogP contribution in [-0.4, -0.2) is 35.6 Å². The molecular weight excluding hydrogens is 606 g/mol. The molecule has 41 heavy (non-hydrogen) atoms. The number of halogens is 5. The predicted octanol–water partition coefficient (Wildman–Crippen LogP) is 6.80. The standard InChI is InChI=1S/C24H19Cl2N5O2S.C2HF3O2/c25-19-6-1-2-7-22(19)34(32,33)31-21-11-10-18-13-16(21)9-8-15-4-3-5-17(12-15)29-24-27-14-20(26)23(28-18)30-24;3-2(4,5)1(6)7/h1-7,10-14,31H,8-9H2,(H2,27,28,29,30);(H,6,7). The maximum atomic E-state index is 13.1. The zero-order valence-corrected chi connectivity index (χ0v) is 23.0. The molecule has 0 radical (unpaired) electrons. The topological polar surface area (TPSA) is 133 Å². The zero-order chi connectivity index (χ0) is 29.8. The van der Waals surface area contributed by atoms with Gasteiger partial charge in [0, 0.05) is 11.4 Å². The van der Waals surface area contributed by atoms with Crippen molar-refractivity contribution in [2.24, 2.45) is 0 Å². The molecule has 0 saturated carbocycles. The van der Waals surface area contributed by atoms with Crippen molar-refractivity contribution in [2.45, 2.75) is 23.9 Å². The van der Waals surface area contributed by atoms with Gasteiger partial charge in [-0.15, -0.1) is 0 Å². The van der Waals surface area contributed by atoms with Crippen molar-refractivity contribution in [1.82, 2.24) is 9.97 Å². The molecule has 4 N–H and O–H groups in total. The number of alkyl halides is 3. The number of hydrogen-bond acceptors (Lipinski definition) is 7. The van der Waals surface area contributed by atoms with E-state index in [0.29, 0.717) is 41.0 Å². The number of hydrogen-bond donors (Lipinski definition) is 4. The Morgan fingerprint density at radius 2 is 1.63 bits per heavy atom. The van der Waals surface area contributed by atoms with Crippen LogP contribution in [0.15, 0.2) is 77.8 Å². The summed E-state index contributed by atoms with van der Waals surface area (Å²) in [6.45, 7) is 0. The van der Waals surface area contributed by atoms with Crippen LogP contribution in [0, 0.1) is 0 Å². The summed E-state index contributed by atoms with van der Waals surface area (Å²) >= 11 is 12.5. The molecule has 1 aromatic heterocycles. The lowest BCUT2D eigenvalue weighted by molar-refractivity contribution is -0.192. The highest BCUT2D eigenvalue weighted by Gasteiger charge is 2.38. The number of nitrogens with one attached hydrogen (secondary N) is 3. The average molecular weight is 626 g/mol. The van der Waals surface area contributed by atoms with Gasteiger partial charge in [-0.1, -0.05) is 47.5 Å². The summed E-state index contributed by atoms with van der Waals surface area (Å²) in [7, 11) is -3.88. The van der Waals surface area contributed by atoms with Gasteiger partial charge >= 0.3 is 12.1 Å². The lowest BCUT2D eigenvalue weighted by Crippen LogP contribution is -2.21. The lowest BCUT2D eigenvalue weighted by atomic mass is 10.0. The number of fused-ring (bicyclic) bond motifs is 6. The summed E-state index contributed by atoms with van der Waals surface area (Å²) in [5, 5.41) is 14.0. The third kappa shape index (κ3) is 7.78. The van der Waals surface area contributed by atoms with E-state index in [2.05, 4.69) is 25.3 Å². The van der Waals surface area contributed by atoms with E-state index < -0.39 is 22.2 Å². The molecule has 0 fully saturated rings. The summed E-state index contributed by atoms with van der Waals surface area (Å²) in [5.74, 6) is -1.91. The summed E-state index contributed by atoms with van der Waals surface area (Å²) in [6, 6.07) is 19.6. The first kappa shape index (κ1) is 29.9. The van der Waals surface area contributed by atoms with Crippen LogP contribution in [0.1, 0.15) is 11.1 Å². The van der Waals surface area contributed by atoms with Gasteiger partial charge in [-0.3, -0.25) is 4.72 Å². The fourth-order valence-corrected chi connectivity index (χ4v) is 5.46. The fourth-order valence-electron chi connectivity index (χ4n) is 3.70. The van der Waals surface area contributed by atoms with Crippen LogP contribution in [-0.2, 0) is 27.7 Å². The maximum Gasteiger partial charge on any atom is 0.490 e. The highest BCUT2D eigenvalue weighted by molar-refractivity contribution is 7.92. The van der Waals surface area contributed by atoms with Crippen molar-refractivity contribution >= 4 is 68.0 Å². The van der Waals surface area contributed by atoms with Gasteiger partial charge < -0.3 is 15.7 Å². The number of carboxylic acid groups (broad SMARTS) is 1. The van der Waals surface area contributed by atoms with E-state index in [4.69, 9.17) is 33.1 Å². The van der Waals surface area contributed by atoms with Crippen LogP contribution in [0.3, 0.4) is 0 Å². The predicted molar refractivity (Wildman–Crippen MR) is 150 cm³/mol. The van der Waals surface area contributed by atoms with Crippen LogP contribution in [0.4, 0.5) is 42.0 Å². The Kier molecular flexibility index (Phi) is 8.90. The molecule has 0 spiro atoms. The van der Waals surface area contributed by atoms with E-state index in [0.717, 1.165) is 16.8 Å². The van der Waals surface area contributed by atoms with Crippen molar-refractivity contribution in [3.63, 3.8) is 0 Å². The van der Waals surface area contributed by atoms with E-state index >= 15 is 0 Å². The van der Waals surface area contributed by atoms with Crippen molar-refractivity contribution in [3.8, 4) is 0 Å². The molecule has 2 heterocycles. The van der Waals surface area contributed by atoms with Gasteiger partial charge in [-0.25, -0.2) is 18.2 Å². The molecule has 6 bridgehead atoms. The van der Waals surface area contributed by atoms with Gasteiger partial charge in [0.15, 0.2) is 5.82 Å². The molecule has 5 rings (SSSR count). The van der Waals surface area contributed by atoms with Gasteiger partial charge in [-0.05, 0) is 66.4 Å². The molecule has 4 aromatic rings. The SMILES string of the molecule is O=C(O)C(F)(F)F.O=S(=O)(Nc1ccc2cc1CCc1cccc(c1)Nc1ncc(Cl)c(n1)N2)c1ccccc1Cl. The Labute approximate surface area is 242 Å². The van der Waals surface area contributed by atoms with Gasteiger partial charge in [-0.2, -0.15) is 18.2 Å². The van der Waals surface area contributed by atoms with Crippen molar-refractivity contribution in [1.29, 1.82) is 0 Å². The third-order valence-electron chi connectivity index (χ3n) is 5.59. The number of benzene rings is 3. The van der Waals surface area contributed by atoms with Gasteiger partial charge in [0.05, 0.1) is 16.9 Å². The van der Waals surface area contributed by atoms with Crippen LogP contribution < -0.4 is 15.4 Å². The minimum Gasteiger partial charge on any atom is -0.475 e. The molecule has 3 aromatic carbocycles. The smallest absolute Gasteiger partial charge is 0.475 e. The number of aromatic nitrogens is 2. The average Bonchev–Trinajstić information content (AvgIpc) is 2.90. The molecule has 15 heteroatoms. The second-order valence-corrected chi connectivity index (χ2v) is 11.0. The summed E-state index contributed by atoms with van der Waals surface area (Å²) in [5.41, 5.74) is 3.93. The first-order chi connectivity index (χ1) is 19.3. The molecular formula is C26H20Cl2F3N5O4S. The Bertz CT molecular complexity index is 1710.